The van der Waals surface area contributed by atoms with Crippen LogP contribution >= 0.6 is 0 Å². The van der Waals surface area contributed by atoms with Crippen LogP contribution in [0.2, 0.25) is 0 Å². The Hall–Kier alpha value is -2.60. The molecule has 0 aromatic heterocycles. The molecule has 0 aliphatic rings. The molecular weight excluding hydrogens is 336 g/mol. The van der Waals surface area contributed by atoms with Crippen LogP contribution in [0, 0.1) is 0 Å². The number of carbonyl (C=O) groups excluding carboxylic acids is 1. The molecule has 5 nitrogen and oxygen atoms in total. The highest BCUT2D eigenvalue weighted by Crippen LogP contribution is 2.20. The van der Waals surface area contributed by atoms with Gasteiger partial charge in [-0.05, 0) is 47.4 Å². The van der Waals surface area contributed by atoms with E-state index in [2.05, 4.69) is 23.9 Å². The normalized spacial score (nSPS) is 11.7. The molecule has 0 aliphatic carbocycles. The summed E-state index contributed by atoms with van der Waals surface area (Å²) in [4.78, 5) is 11.3. The van der Waals surface area contributed by atoms with Crippen molar-refractivity contribution in [2.75, 3.05) is 11.8 Å². The topological polar surface area (TPSA) is 75.3 Å². The quantitative estimate of drug-likeness (QED) is 0.778. The molecule has 0 spiro atoms. The van der Waals surface area contributed by atoms with Gasteiger partial charge < -0.3 is 5.32 Å². The summed E-state index contributed by atoms with van der Waals surface area (Å²) in [5.41, 5.74) is 2.41. The van der Waals surface area contributed by atoms with Gasteiger partial charge in [-0.2, -0.15) is 0 Å². The van der Waals surface area contributed by atoms with Crippen LogP contribution in [0.1, 0.15) is 30.9 Å². The van der Waals surface area contributed by atoms with Crippen molar-refractivity contribution in [1.82, 2.24) is 5.32 Å². The van der Waals surface area contributed by atoms with Gasteiger partial charge in [0.1, 0.15) is 0 Å². The van der Waals surface area contributed by atoms with Crippen molar-refractivity contribution in [2.24, 2.45) is 0 Å². The van der Waals surface area contributed by atoms with Gasteiger partial charge in [-0.15, -0.1) is 0 Å². The molecule has 0 unspecified atom stereocenters. The summed E-state index contributed by atoms with van der Waals surface area (Å²) in [5, 5.41) is 2.48. The summed E-state index contributed by atoms with van der Waals surface area (Å²) >= 11 is 0. The molecule has 6 heteroatoms. The minimum Gasteiger partial charge on any atom is -0.356 e. The number of carbonyl (C=O) groups is 1. The molecule has 2 N–H and O–H groups in total. The Morgan fingerprint density at radius 3 is 2.12 bits per heavy atom. The maximum atomic E-state index is 12.5. The Labute approximate surface area is 148 Å². The van der Waals surface area contributed by atoms with Crippen molar-refractivity contribution in [3.05, 3.63) is 65.7 Å². The van der Waals surface area contributed by atoms with Crippen molar-refractivity contribution in [3.8, 4) is 0 Å². The number of nitrogens with one attached hydrogen (secondary N) is 2. The Kier molecular flexibility index (Phi) is 5.98. The highest BCUT2D eigenvalue weighted by molar-refractivity contribution is 7.92. The summed E-state index contributed by atoms with van der Waals surface area (Å²) in [6.45, 7) is 4.17. The highest BCUT2D eigenvalue weighted by Gasteiger charge is 2.14. The molecule has 132 valence electrons. The zero-order valence-electron chi connectivity index (χ0n) is 14.5. The van der Waals surface area contributed by atoms with E-state index in [4.69, 9.17) is 0 Å². The van der Waals surface area contributed by atoms with Gasteiger partial charge in [0, 0.05) is 18.8 Å². The standard InChI is InChI=1S/C19H22N2O3S/c1-14(2)16-7-9-17(10-8-16)21-25(23,24)18-11-4-15(5-12-18)6-13-19(22)20-3/h4-14,21H,1-3H3,(H,20,22)/b13-6+. The molecule has 0 saturated carbocycles. The second kappa shape index (κ2) is 7.98. The van der Waals surface area contributed by atoms with Gasteiger partial charge in [0.15, 0.2) is 0 Å². The van der Waals surface area contributed by atoms with E-state index in [0.29, 0.717) is 11.6 Å². The minimum absolute atomic E-state index is 0.164. The van der Waals surface area contributed by atoms with E-state index in [-0.39, 0.29) is 10.8 Å². The second-order valence-corrected chi connectivity index (χ2v) is 7.58. The first-order valence-corrected chi connectivity index (χ1v) is 9.43. The molecule has 2 aromatic rings. The van der Waals surface area contributed by atoms with Gasteiger partial charge in [0.05, 0.1) is 4.90 Å². The fraction of sp³-hybridized carbons (Fsp3) is 0.211. The van der Waals surface area contributed by atoms with Gasteiger partial charge in [0.2, 0.25) is 5.91 Å². The maximum Gasteiger partial charge on any atom is 0.261 e. The Morgan fingerprint density at radius 2 is 1.60 bits per heavy atom. The molecule has 25 heavy (non-hydrogen) atoms. The van der Waals surface area contributed by atoms with E-state index in [1.165, 1.54) is 18.2 Å². The van der Waals surface area contributed by atoms with Crippen LogP contribution in [-0.4, -0.2) is 21.4 Å². The minimum atomic E-state index is -3.65. The summed E-state index contributed by atoms with van der Waals surface area (Å²) in [6, 6.07) is 13.7. The molecule has 1 amide bonds. The number of likely N-dealkylation sites (N-methyl/N-ethyl adjacent to an activating group) is 1. The number of hydrogen-bond acceptors (Lipinski definition) is 3. The first-order chi connectivity index (χ1) is 11.8. The smallest absolute Gasteiger partial charge is 0.261 e. The van der Waals surface area contributed by atoms with Gasteiger partial charge in [-0.1, -0.05) is 38.1 Å². The van der Waals surface area contributed by atoms with Gasteiger partial charge in [-0.3, -0.25) is 9.52 Å². The van der Waals surface area contributed by atoms with Crippen LogP contribution in [0.15, 0.2) is 59.5 Å². The molecule has 0 bridgehead atoms. The molecule has 2 rings (SSSR count). The van der Waals surface area contributed by atoms with Crippen LogP contribution in [-0.2, 0) is 14.8 Å². The number of amides is 1. The molecule has 0 aliphatic heterocycles. The van der Waals surface area contributed by atoms with E-state index in [1.807, 2.05) is 12.1 Å². The van der Waals surface area contributed by atoms with Crippen molar-refractivity contribution < 1.29 is 13.2 Å². The average Bonchev–Trinajstić information content (AvgIpc) is 2.60. The van der Waals surface area contributed by atoms with Gasteiger partial charge >= 0.3 is 0 Å². The third-order valence-electron chi connectivity index (χ3n) is 3.69. The van der Waals surface area contributed by atoms with E-state index < -0.39 is 10.0 Å². The summed E-state index contributed by atoms with van der Waals surface area (Å²) in [6.07, 6.45) is 3.01. The monoisotopic (exact) mass is 358 g/mol. The third kappa shape index (κ3) is 5.19. The molecule has 0 saturated heterocycles. The van der Waals surface area contributed by atoms with E-state index >= 15 is 0 Å². The van der Waals surface area contributed by atoms with E-state index in [9.17, 15) is 13.2 Å². The first kappa shape index (κ1) is 18.7. The lowest BCUT2D eigenvalue weighted by molar-refractivity contribution is -0.115. The van der Waals surface area contributed by atoms with Crippen LogP contribution in [0.3, 0.4) is 0 Å². The predicted molar refractivity (Wildman–Crippen MR) is 101 cm³/mol. The van der Waals surface area contributed by atoms with E-state index in [0.717, 1.165) is 11.1 Å². The van der Waals surface area contributed by atoms with Crippen LogP contribution in [0.5, 0.6) is 0 Å². The average molecular weight is 358 g/mol. The molecule has 2 aromatic carbocycles. The number of benzene rings is 2. The Morgan fingerprint density at radius 1 is 1.00 bits per heavy atom. The maximum absolute atomic E-state index is 12.5. The SMILES string of the molecule is CNC(=O)/C=C/c1ccc(S(=O)(=O)Nc2ccc(C(C)C)cc2)cc1. The molecule has 0 heterocycles. The lowest BCUT2D eigenvalue weighted by Crippen LogP contribution is -2.14. The third-order valence-corrected chi connectivity index (χ3v) is 5.09. The van der Waals surface area contributed by atoms with Crippen molar-refractivity contribution in [3.63, 3.8) is 0 Å². The number of anilines is 1. The number of sulfonamides is 1. The first-order valence-electron chi connectivity index (χ1n) is 7.94. The van der Waals surface area contributed by atoms with E-state index in [1.54, 1.807) is 37.4 Å². The lowest BCUT2D eigenvalue weighted by atomic mass is 10.0. The highest BCUT2D eigenvalue weighted by atomic mass is 32.2. The summed E-state index contributed by atoms with van der Waals surface area (Å²) < 4.78 is 27.5. The fourth-order valence-corrected chi connectivity index (χ4v) is 3.22. The zero-order chi connectivity index (χ0) is 18.4. The largest absolute Gasteiger partial charge is 0.356 e. The van der Waals surface area contributed by atoms with Crippen molar-refractivity contribution in [1.29, 1.82) is 0 Å². The fourth-order valence-electron chi connectivity index (χ4n) is 2.16. The Bertz CT molecular complexity index is 853. The molecule has 0 atom stereocenters. The predicted octanol–water partition coefficient (Wildman–Crippen LogP) is 3.37. The second-order valence-electron chi connectivity index (χ2n) is 5.90. The van der Waals surface area contributed by atoms with Gasteiger partial charge in [0.25, 0.3) is 10.0 Å². The molecule has 0 radical (unpaired) electrons. The molecule has 0 fully saturated rings. The van der Waals surface area contributed by atoms with Crippen LogP contribution < -0.4 is 10.0 Å². The van der Waals surface area contributed by atoms with Crippen molar-refractivity contribution in [2.45, 2.75) is 24.7 Å². The summed E-state index contributed by atoms with van der Waals surface area (Å²) in [7, 11) is -2.11. The zero-order valence-corrected chi connectivity index (χ0v) is 15.3. The van der Waals surface area contributed by atoms with Crippen LogP contribution in [0.25, 0.3) is 6.08 Å². The van der Waals surface area contributed by atoms with Gasteiger partial charge in [-0.25, -0.2) is 8.42 Å². The lowest BCUT2D eigenvalue weighted by Gasteiger charge is -2.10. The molecular formula is C19H22N2O3S. The number of rotatable bonds is 6. The van der Waals surface area contributed by atoms with Crippen molar-refractivity contribution >= 4 is 27.7 Å². The number of hydrogen-bond donors (Lipinski definition) is 2. The van der Waals surface area contributed by atoms with Crippen LogP contribution in [0.4, 0.5) is 5.69 Å². The Balaban J connectivity index is 2.13. The summed E-state index contributed by atoms with van der Waals surface area (Å²) in [5.74, 6) is 0.171.